The van der Waals surface area contributed by atoms with Crippen molar-refractivity contribution in [2.24, 2.45) is 0 Å². The second-order valence-electron chi connectivity index (χ2n) is 3.85. The van der Waals surface area contributed by atoms with Crippen molar-refractivity contribution in [1.82, 2.24) is 9.88 Å². The SMILES string of the molecule is CNC(=O)C(C)n1c(C)cc(C)c(N)c1=O. The Hall–Kier alpha value is -1.78. The highest BCUT2D eigenvalue weighted by atomic mass is 16.2. The number of hydrogen-bond acceptors (Lipinski definition) is 3. The Morgan fingerprint density at radius 1 is 1.50 bits per heavy atom. The van der Waals surface area contributed by atoms with E-state index in [1.54, 1.807) is 26.8 Å². The van der Waals surface area contributed by atoms with Gasteiger partial charge in [-0.25, -0.2) is 0 Å². The molecule has 0 radical (unpaired) electrons. The molecule has 0 aliphatic heterocycles. The van der Waals surface area contributed by atoms with E-state index in [1.165, 1.54) is 11.6 Å². The van der Waals surface area contributed by atoms with Gasteiger partial charge < -0.3 is 11.1 Å². The van der Waals surface area contributed by atoms with Gasteiger partial charge in [0.15, 0.2) is 0 Å². The Labute approximate surface area is 94.3 Å². The molecule has 5 heteroatoms. The van der Waals surface area contributed by atoms with Crippen LogP contribution in [0.15, 0.2) is 10.9 Å². The lowest BCUT2D eigenvalue weighted by Gasteiger charge is -2.18. The Bertz CT molecular complexity index is 477. The summed E-state index contributed by atoms with van der Waals surface area (Å²) in [5.41, 5.74) is 7.02. The minimum absolute atomic E-state index is 0.196. The zero-order chi connectivity index (χ0) is 12.5. The molecule has 1 amide bonds. The summed E-state index contributed by atoms with van der Waals surface area (Å²) in [7, 11) is 1.54. The molecule has 0 aliphatic rings. The number of nitrogen functional groups attached to an aromatic ring is 1. The summed E-state index contributed by atoms with van der Waals surface area (Å²) in [6.45, 7) is 5.23. The molecule has 1 rings (SSSR count). The van der Waals surface area contributed by atoms with Crippen LogP contribution in [0.4, 0.5) is 5.69 Å². The van der Waals surface area contributed by atoms with Crippen LogP contribution in [-0.4, -0.2) is 17.5 Å². The van der Waals surface area contributed by atoms with Crippen molar-refractivity contribution in [2.45, 2.75) is 26.8 Å². The summed E-state index contributed by atoms with van der Waals surface area (Å²) in [5.74, 6) is -0.214. The molecule has 0 bridgehead atoms. The van der Waals surface area contributed by atoms with Gasteiger partial charge in [-0.2, -0.15) is 0 Å². The van der Waals surface area contributed by atoms with Gasteiger partial charge in [0.25, 0.3) is 5.56 Å². The van der Waals surface area contributed by atoms with Gasteiger partial charge in [0, 0.05) is 12.7 Å². The molecular formula is C11H17N3O2. The number of rotatable bonds is 2. The first-order valence-electron chi connectivity index (χ1n) is 5.10. The van der Waals surface area contributed by atoms with Gasteiger partial charge in [0.1, 0.15) is 11.7 Å². The average molecular weight is 223 g/mol. The third-order valence-corrected chi connectivity index (χ3v) is 2.69. The number of aromatic nitrogens is 1. The lowest BCUT2D eigenvalue weighted by molar-refractivity contribution is -0.123. The molecule has 0 aliphatic carbocycles. The van der Waals surface area contributed by atoms with Crippen molar-refractivity contribution in [3.63, 3.8) is 0 Å². The molecule has 1 heterocycles. The monoisotopic (exact) mass is 223 g/mol. The highest BCUT2D eigenvalue weighted by Gasteiger charge is 2.18. The van der Waals surface area contributed by atoms with E-state index in [0.717, 1.165) is 11.3 Å². The topological polar surface area (TPSA) is 77.1 Å². The summed E-state index contributed by atoms with van der Waals surface area (Å²) < 4.78 is 1.40. The summed E-state index contributed by atoms with van der Waals surface area (Å²) >= 11 is 0. The van der Waals surface area contributed by atoms with E-state index in [-0.39, 0.29) is 17.2 Å². The van der Waals surface area contributed by atoms with Crippen molar-refractivity contribution >= 4 is 11.6 Å². The number of aryl methyl sites for hydroxylation is 2. The fraction of sp³-hybridized carbons (Fsp3) is 0.455. The lowest BCUT2D eigenvalue weighted by Crippen LogP contribution is -2.36. The van der Waals surface area contributed by atoms with Crippen molar-refractivity contribution in [3.8, 4) is 0 Å². The Morgan fingerprint density at radius 2 is 2.06 bits per heavy atom. The first kappa shape index (κ1) is 12.3. The van der Waals surface area contributed by atoms with Gasteiger partial charge in [0.2, 0.25) is 5.91 Å². The van der Waals surface area contributed by atoms with Gasteiger partial charge in [0.05, 0.1) is 0 Å². The molecule has 0 spiro atoms. The number of nitrogens with one attached hydrogen (secondary N) is 1. The maximum Gasteiger partial charge on any atom is 0.274 e. The van der Waals surface area contributed by atoms with Crippen molar-refractivity contribution in [2.75, 3.05) is 12.8 Å². The van der Waals surface area contributed by atoms with Crippen LogP contribution in [0.25, 0.3) is 0 Å². The van der Waals surface area contributed by atoms with Crippen LogP contribution in [0.5, 0.6) is 0 Å². The normalized spacial score (nSPS) is 12.2. The smallest absolute Gasteiger partial charge is 0.274 e. The number of nitrogens with two attached hydrogens (primary N) is 1. The fourth-order valence-electron chi connectivity index (χ4n) is 1.73. The highest BCUT2D eigenvalue weighted by molar-refractivity contribution is 5.79. The molecule has 0 aromatic carbocycles. The number of pyridine rings is 1. The van der Waals surface area contributed by atoms with Crippen LogP contribution in [0.1, 0.15) is 24.2 Å². The number of carbonyl (C=O) groups is 1. The Kier molecular flexibility index (Phi) is 3.37. The molecule has 0 saturated heterocycles. The summed E-state index contributed by atoms with van der Waals surface area (Å²) in [4.78, 5) is 23.4. The highest BCUT2D eigenvalue weighted by Crippen LogP contribution is 2.12. The molecule has 1 aromatic rings. The van der Waals surface area contributed by atoms with Gasteiger partial charge in [-0.05, 0) is 32.4 Å². The van der Waals surface area contributed by atoms with Crippen LogP contribution in [0.2, 0.25) is 0 Å². The Balaban J connectivity index is 3.40. The van der Waals surface area contributed by atoms with Crippen molar-refractivity contribution in [3.05, 3.63) is 27.7 Å². The molecule has 1 atom stereocenters. The summed E-state index contributed by atoms with van der Waals surface area (Å²) in [5, 5.41) is 2.51. The van der Waals surface area contributed by atoms with Crippen LogP contribution < -0.4 is 16.6 Å². The maximum atomic E-state index is 11.9. The standard InChI is InChI=1S/C11H17N3O2/c1-6-5-7(2)14(11(16)9(6)12)8(3)10(15)13-4/h5,8H,12H2,1-4H3,(H,13,15). The van der Waals surface area contributed by atoms with E-state index in [1.807, 2.05) is 0 Å². The van der Waals surface area contributed by atoms with Gasteiger partial charge in [-0.3, -0.25) is 14.2 Å². The van der Waals surface area contributed by atoms with Crippen LogP contribution in [0.3, 0.4) is 0 Å². The predicted molar refractivity (Wildman–Crippen MR) is 63.4 cm³/mol. The van der Waals surface area contributed by atoms with E-state index in [4.69, 9.17) is 5.73 Å². The molecular weight excluding hydrogens is 206 g/mol. The number of amides is 1. The second-order valence-corrected chi connectivity index (χ2v) is 3.85. The number of likely N-dealkylation sites (N-methyl/N-ethyl adjacent to an activating group) is 1. The largest absolute Gasteiger partial charge is 0.394 e. The lowest BCUT2D eigenvalue weighted by atomic mass is 10.2. The van der Waals surface area contributed by atoms with E-state index in [9.17, 15) is 9.59 Å². The first-order valence-corrected chi connectivity index (χ1v) is 5.10. The zero-order valence-corrected chi connectivity index (χ0v) is 10.00. The summed E-state index contributed by atoms with van der Waals surface area (Å²) in [6, 6.07) is 1.25. The summed E-state index contributed by atoms with van der Waals surface area (Å²) in [6.07, 6.45) is 0. The minimum atomic E-state index is -0.555. The molecule has 3 N–H and O–H groups in total. The molecule has 1 unspecified atom stereocenters. The predicted octanol–water partition coefficient (Wildman–Crippen LogP) is 0.354. The number of carbonyl (C=O) groups excluding carboxylic acids is 1. The maximum absolute atomic E-state index is 11.9. The second kappa shape index (κ2) is 4.38. The minimum Gasteiger partial charge on any atom is -0.394 e. The number of anilines is 1. The average Bonchev–Trinajstić information content (AvgIpc) is 2.24. The number of hydrogen-bond donors (Lipinski definition) is 2. The van der Waals surface area contributed by atoms with Crippen LogP contribution in [0, 0.1) is 13.8 Å². The van der Waals surface area contributed by atoms with Gasteiger partial charge in [-0.1, -0.05) is 0 Å². The van der Waals surface area contributed by atoms with Gasteiger partial charge >= 0.3 is 0 Å². The quantitative estimate of drug-likeness (QED) is 0.759. The molecule has 88 valence electrons. The molecule has 0 saturated carbocycles. The third-order valence-electron chi connectivity index (χ3n) is 2.69. The van der Waals surface area contributed by atoms with Gasteiger partial charge in [-0.15, -0.1) is 0 Å². The Morgan fingerprint density at radius 3 is 2.56 bits per heavy atom. The molecule has 0 fully saturated rings. The van der Waals surface area contributed by atoms with Crippen LogP contribution >= 0.6 is 0 Å². The molecule has 16 heavy (non-hydrogen) atoms. The van der Waals surface area contributed by atoms with Crippen molar-refractivity contribution < 1.29 is 4.79 Å². The zero-order valence-electron chi connectivity index (χ0n) is 10.00. The molecule has 5 nitrogen and oxygen atoms in total. The van der Waals surface area contributed by atoms with Crippen molar-refractivity contribution in [1.29, 1.82) is 0 Å². The van der Waals surface area contributed by atoms with Crippen LogP contribution in [-0.2, 0) is 4.79 Å². The first-order chi connectivity index (χ1) is 7.40. The van der Waals surface area contributed by atoms with E-state index in [0.29, 0.717) is 0 Å². The van der Waals surface area contributed by atoms with E-state index < -0.39 is 6.04 Å². The van der Waals surface area contributed by atoms with E-state index >= 15 is 0 Å². The van der Waals surface area contributed by atoms with E-state index in [2.05, 4.69) is 5.32 Å². The molecule has 1 aromatic heterocycles. The fourth-order valence-corrected chi connectivity index (χ4v) is 1.73. The number of nitrogens with zero attached hydrogens (tertiary/aromatic N) is 1. The third kappa shape index (κ3) is 1.93.